The highest BCUT2D eigenvalue weighted by Crippen LogP contribution is 2.19. The Morgan fingerprint density at radius 2 is 1.89 bits per heavy atom. The molecule has 1 aromatic heterocycles. The monoisotopic (exact) mass is 390 g/mol. The van der Waals surface area contributed by atoms with Gasteiger partial charge in [0.25, 0.3) is 0 Å². The Morgan fingerprint density at radius 3 is 2.71 bits per heavy atom. The summed E-state index contributed by atoms with van der Waals surface area (Å²) >= 11 is 0. The van der Waals surface area contributed by atoms with Gasteiger partial charge in [-0.1, -0.05) is 32.1 Å². The normalized spacial score (nSPS) is 19.0. The summed E-state index contributed by atoms with van der Waals surface area (Å²) in [5.74, 6) is 3.11. The minimum Gasteiger partial charge on any atom is -0.376 e. The molecule has 0 aromatic carbocycles. The zero-order valence-electron chi connectivity index (χ0n) is 17.6. The minimum atomic E-state index is 0.441. The van der Waals surface area contributed by atoms with Gasteiger partial charge in [-0.15, -0.1) is 10.2 Å². The lowest BCUT2D eigenvalue weighted by molar-refractivity contribution is 0.0487. The summed E-state index contributed by atoms with van der Waals surface area (Å²) in [6.07, 6.45) is 13.9. The van der Waals surface area contributed by atoms with E-state index < -0.39 is 0 Å². The number of aliphatic imine (C=N–C) groups is 1. The molecule has 0 spiro atoms. The van der Waals surface area contributed by atoms with Crippen LogP contribution < -0.4 is 10.6 Å². The number of fused-ring (bicyclic) bond motifs is 1. The topological polar surface area (TPSA) is 76.4 Å². The van der Waals surface area contributed by atoms with Crippen molar-refractivity contribution in [3.63, 3.8) is 0 Å². The second kappa shape index (κ2) is 12.0. The van der Waals surface area contributed by atoms with Crippen molar-refractivity contribution in [3.05, 3.63) is 11.6 Å². The second-order valence-electron chi connectivity index (χ2n) is 7.92. The van der Waals surface area contributed by atoms with Crippen LogP contribution in [0.1, 0.15) is 76.4 Å². The van der Waals surface area contributed by atoms with Gasteiger partial charge < -0.3 is 19.9 Å². The van der Waals surface area contributed by atoms with Crippen LogP contribution in [-0.4, -0.2) is 53.1 Å². The first-order valence-corrected chi connectivity index (χ1v) is 11.4. The van der Waals surface area contributed by atoms with Crippen molar-refractivity contribution in [1.82, 2.24) is 25.4 Å². The molecule has 2 N–H and O–H groups in total. The van der Waals surface area contributed by atoms with E-state index in [2.05, 4.69) is 37.3 Å². The molecule has 7 heteroatoms. The van der Waals surface area contributed by atoms with Gasteiger partial charge in [0.15, 0.2) is 5.96 Å². The number of rotatable bonds is 8. The molecule has 0 saturated heterocycles. The Kier molecular flexibility index (Phi) is 9.07. The highest BCUT2D eigenvalue weighted by molar-refractivity contribution is 5.79. The van der Waals surface area contributed by atoms with Crippen LogP contribution in [0.15, 0.2) is 4.99 Å². The molecule has 7 nitrogen and oxygen atoms in total. The Hall–Kier alpha value is -1.63. The lowest BCUT2D eigenvalue weighted by atomic mass is 10.1. The minimum absolute atomic E-state index is 0.441. The zero-order chi connectivity index (χ0) is 19.4. The van der Waals surface area contributed by atoms with Crippen molar-refractivity contribution in [3.8, 4) is 0 Å². The second-order valence-corrected chi connectivity index (χ2v) is 7.92. The maximum Gasteiger partial charge on any atom is 0.191 e. The molecule has 0 unspecified atom stereocenters. The molecule has 28 heavy (non-hydrogen) atoms. The first kappa shape index (κ1) is 21.1. The fourth-order valence-electron chi connectivity index (χ4n) is 4.15. The van der Waals surface area contributed by atoms with Crippen molar-refractivity contribution in [2.75, 3.05) is 26.2 Å². The van der Waals surface area contributed by atoms with Gasteiger partial charge in [-0.2, -0.15) is 0 Å². The van der Waals surface area contributed by atoms with Crippen molar-refractivity contribution in [2.45, 2.75) is 90.2 Å². The Labute approximate surface area is 169 Å². The summed E-state index contributed by atoms with van der Waals surface area (Å²) in [6.45, 7) is 6.23. The summed E-state index contributed by atoms with van der Waals surface area (Å²) in [6, 6.07) is 0. The van der Waals surface area contributed by atoms with E-state index in [1.807, 2.05) is 0 Å². The molecule has 0 amide bonds. The summed E-state index contributed by atoms with van der Waals surface area (Å²) in [5.41, 5.74) is 0. The summed E-state index contributed by atoms with van der Waals surface area (Å²) in [4.78, 5) is 4.67. The fourth-order valence-corrected chi connectivity index (χ4v) is 4.15. The highest BCUT2D eigenvalue weighted by atomic mass is 16.5. The average Bonchev–Trinajstić information content (AvgIpc) is 2.91. The molecule has 3 rings (SSSR count). The van der Waals surface area contributed by atoms with Crippen LogP contribution in [0.25, 0.3) is 0 Å². The predicted octanol–water partition coefficient (Wildman–Crippen LogP) is 2.84. The summed E-state index contributed by atoms with van der Waals surface area (Å²) < 4.78 is 8.36. The van der Waals surface area contributed by atoms with Gasteiger partial charge in [0, 0.05) is 32.5 Å². The van der Waals surface area contributed by atoms with Crippen molar-refractivity contribution < 1.29 is 4.74 Å². The molecule has 158 valence electrons. The third kappa shape index (κ3) is 6.76. The lowest BCUT2D eigenvalue weighted by Gasteiger charge is -2.15. The first-order chi connectivity index (χ1) is 13.9. The Balaban J connectivity index is 1.40. The largest absolute Gasteiger partial charge is 0.376 e. The molecule has 1 aliphatic carbocycles. The lowest BCUT2D eigenvalue weighted by Crippen LogP contribution is -2.38. The van der Waals surface area contributed by atoms with E-state index in [1.165, 1.54) is 57.8 Å². The van der Waals surface area contributed by atoms with E-state index >= 15 is 0 Å². The van der Waals surface area contributed by atoms with Crippen LogP contribution in [0, 0.1) is 0 Å². The maximum absolute atomic E-state index is 6.04. The van der Waals surface area contributed by atoms with Gasteiger partial charge in [0.1, 0.15) is 11.6 Å². The van der Waals surface area contributed by atoms with E-state index in [9.17, 15) is 0 Å². The van der Waals surface area contributed by atoms with Crippen LogP contribution in [0.3, 0.4) is 0 Å². The van der Waals surface area contributed by atoms with Gasteiger partial charge in [-0.05, 0) is 32.6 Å². The van der Waals surface area contributed by atoms with Crippen molar-refractivity contribution in [1.29, 1.82) is 0 Å². The van der Waals surface area contributed by atoms with Crippen LogP contribution in [0.4, 0.5) is 0 Å². The summed E-state index contributed by atoms with van der Waals surface area (Å²) in [7, 11) is 0. The summed E-state index contributed by atoms with van der Waals surface area (Å²) in [5, 5.41) is 15.6. The van der Waals surface area contributed by atoms with Crippen LogP contribution in [0.2, 0.25) is 0 Å². The number of hydrogen-bond donors (Lipinski definition) is 2. The third-order valence-corrected chi connectivity index (χ3v) is 5.69. The van der Waals surface area contributed by atoms with Gasteiger partial charge in [0.05, 0.1) is 19.3 Å². The molecule has 1 aromatic rings. The number of ether oxygens (including phenoxy) is 1. The molecule has 0 bridgehead atoms. The average molecular weight is 391 g/mol. The first-order valence-electron chi connectivity index (χ1n) is 11.4. The van der Waals surface area contributed by atoms with Gasteiger partial charge >= 0.3 is 0 Å². The number of hydrogen-bond acceptors (Lipinski definition) is 4. The number of nitrogens with zero attached hydrogens (tertiary/aromatic N) is 4. The van der Waals surface area contributed by atoms with Gasteiger partial charge in [0.2, 0.25) is 0 Å². The van der Waals surface area contributed by atoms with Crippen LogP contribution >= 0.6 is 0 Å². The smallest absolute Gasteiger partial charge is 0.191 e. The quantitative estimate of drug-likeness (QED) is 0.309. The van der Waals surface area contributed by atoms with E-state index in [-0.39, 0.29) is 0 Å². The van der Waals surface area contributed by atoms with Gasteiger partial charge in [-0.25, -0.2) is 0 Å². The Bertz CT molecular complexity index is 592. The standard InChI is InChI=1S/C21H38N6O/c1-2-22-21(24-15-17-28-18-10-6-3-4-7-11-18)23-14-13-20-26-25-19-12-8-5-9-16-27(19)20/h18H,2-17H2,1H3,(H2,22,23,24). The van der Waals surface area contributed by atoms with E-state index in [0.29, 0.717) is 19.3 Å². The van der Waals surface area contributed by atoms with Crippen LogP contribution in [0.5, 0.6) is 0 Å². The molecule has 1 aliphatic heterocycles. The fraction of sp³-hybridized carbons (Fsp3) is 0.857. The number of guanidine groups is 1. The molecule has 1 fully saturated rings. The highest BCUT2D eigenvalue weighted by Gasteiger charge is 2.14. The van der Waals surface area contributed by atoms with E-state index in [4.69, 9.17) is 4.74 Å². The predicted molar refractivity (Wildman–Crippen MR) is 113 cm³/mol. The van der Waals surface area contributed by atoms with Crippen molar-refractivity contribution in [2.24, 2.45) is 4.99 Å². The van der Waals surface area contributed by atoms with Crippen molar-refractivity contribution >= 4 is 5.96 Å². The van der Waals surface area contributed by atoms with E-state index in [0.717, 1.165) is 50.1 Å². The molecular weight excluding hydrogens is 352 g/mol. The molecular formula is C21H38N6O. The SMILES string of the molecule is CCNC(=NCCOC1CCCCCC1)NCCc1nnc2n1CCCCC2. The zero-order valence-corrected chi connectivity index (χ0v) is 17.6. The number of aromatic nitrogens is 3. The third-order valence-electron chi connectivity index (χ3n) is 5.69. The molecule has 0 radical (unpaired) electrons. The Morgan fingerprint density at radius 1 is 1.07 bits per heavy atom. The molecule has 2 aliphatic rings. The maximum atomic E-state index is 6.04. The number of nitrogens with one attached hydrogen (secondary N) is 2. The van der Waals surface area contributed by atoms with Gasteiger partial charge in [-0.3, -0.25) is 4.99 Å². The molecule has 2 heterocycles. The molecule has 0 atom stereocenters. The van der Waals surface area contributed by atoms with Crippen LogP contribution in [-0.2, 0) is 24.1 Å². The van der Waals surface area contributed by atoms with E-state index in [1.54, 1.807) is 0 Å². The number of aryl methyl sites for hydroxylation is 1. The molecule has 1 saturated carbocycles.